The van der Waals surface area contributed by atoms with E-state index in [9.17, 15) is 9.59 Å². The average molecular weight is 148 g/mol. The van der Waals surface area contributed by atoms with E-state index < -0.39 is 0 Å². The number of ketones is 2. The summed E-state index contributed by atoms with van der Waals surface area (Å²) in [4.78, 5) is 20.2. The molecule has 0 spiro atoms. The second-order valence-corrected chi connectivity index (χ2v) is 1.33. The molecule has 0 aromatic carbocycles. The smallest absolute Gasteiger partial charge is 0.291 e. The number of rotatable bonds is 2. The summed E-state index contributed by atoms with van der Waals surface area (Å²) in [5, 5.41) is 0. The fourth-order valence-electron chi connectivity index (χ4n) is 0.249. The minimum Gasteiger partial charge on any atom is -0.291 e. The first kappa shape index (κ1) is 10.9. The Morgan fingerprint density at radius 2 is 1.75 bits per heavy atom. The van der Waals surface area contributed by atoms with E-state index in [-0.39, 0.29) is 33.3 Å². The second kappa shape index (κ2) is 5.20. The molecule has 0 radical (unpaired) electrons. The van der Waals surface area contributed by atoms with E-state index in [0.717, 1.165) is 0 Å². The molecule has 0 aliphatic heterocycles. The third-order valence-electron chi connectivity index (χ3n) is 0.714. The minimum atomic E-state index is -0.345. The molecule has 0 amide bonds. The van der Waals surface area contributed by atoms with Crippen LogP contribution in [0.1, 0.15) is 20.3 Å². The fraction of sp³-hybridized carbons (Fsp3) is 0.600. The number of hydrogen-bond donors (Lipinski definition) is 0. The Morgan fingerprint density at radius 3 is 1.75 bits per heavy atom. The minimum absolute atomic E-state index is 0. The van der Waals surface area contributed by atoms with E-state index in [1.807, 2.05) is 0 Å². The van der Waals surface area contributed by atoms with Crippen molar-refractivity contribution in [1.29, 1.82) is 0 Å². The monoisotopic (exact) mass is 148 g/mol. The Hall–Kier alpha value is 0.0543. The fourth-order valence-corrected chi connectivity index (χ4v) is 0.249. The zero-order valence-electron chi connectivity index (χ0n) is 5.02. The van der Waals surface area contributed by atoms with Gasteiger partial charge in [-0.15, -0.1) is 0 Å². The predicted molar refractivity (Wildman–Crippen MR) is 26.0 cm³/mol. The van der Waals surface area contributed by atoms with Crippen molar-refractivity contribution < 1.29 is 31.3 Å². The SMILES string of the molecule is CCC(=O)C(C)=O.[Ti+4]. The Balaban J connectivity index is 0. The van der Waals surface area contributed by atoms with Gasteiger partial charge in [0.1, 0.15) is 0 Å². The summed E-state index contributed by atoms with van der Waals surface area (Å²) in [6, 6.07) is 0. The van der Waals surface area contributed by atoms with Crippen LogP contribution in [0.3, 0.4) is 0 Å². The summed E-state index contributed by atoms with van der Waals surface area (Å²) in [7, 11) is 0. The van der Waals surface area contributed by atoms with Gasteiger partial charge in [0.2, 0.25) is 0 Å². The Kier molecular flexibility index (Phi) is 7.10. The van der Waals surface area contributed by atoms with E-state index >= 15 is 0 Å². The Bertz CT molecular complexity index is 98.6. The molecule has 0 heterocycles. The van der Waals surface area contributed by atoms with Crippen LogP contribution in [0.5, 0.6) is 0 Å². The van der Waals surface area contributed by atoms with Crippen LogP contribution in [0.2, 0.25) is 0 Å². The quantitative estimate of drug-likeness (QED) is 0.423. The van der Waals surface area contributed by atoms with Crippen LogP contribution in [-0.4, -0.2) is 11.6 Å². The van der Waals surface area contributed by atoms with Crippen molar-refractivity contribution in [1.82, 2.24) is 0 Å². The second-order valence-electron chi connectivity index (χ2n) is 1.33. The zero-order chi connectivity index (χ0) is 5.86. The van der Waals surface area contributed by atoms with Gasteiger partial charge in [-0.05, 0) is 0 Å². The van der Waals surface area contributed by atoms with Crippen molar-refractivity contribution in [3.05, 3.63) is 0 Å². The van der Waals surface area contributed by atoms with E-state index in [1.165, 1.54) is 6.92 Å². The van der Waals surface area contributed by atoms with Gasteiger partial charge in [0, 0.05) is 13.3 Å². The number of hydrogen-bond acceptors (Lipinski definition) is 2. The van der Waals surface area contributed by atoms with Gasteiger partial charge in [0.25, 0.3) is 0 Å². The topological polar surface area (TPSA) is 34.1 Å². The van der Waals surface area contributed by atoms with E-state index in [1.54, 1.807) is 6.92 Å². The van der Waals surface area contributed by atoms with Gasteiger partial charge >= 0.3 is 21.7 Å². The maximum atomic E-state index is 10.2. The van der Waals surface area contributed by atoms with Gasteiger partial charge in [-0.25, -0.2) is 0 Å². The molecule has 0 bridgehead atoms. The first-order chi connectivity index (χ1) is 3.18. The number of carbonyl (C=O) groups is 2. The van der Waals surface area contributed by atoms with Crippen molar-refractivity contribution in [2.24, 2.45) is 0 Å². The zero-order valence-corrected chi connectivity index (χ0v) is 6.59. The molecular formula is C5H8O2Ti+4. The largest absolute Gasteiger partial charge is 4.00 e. The van der Waals surface area contributed by atoms with E-state index in [4.69, 9.17) is 0 Å². The van der Waals surface area contributed by atoms with Crippen LogP contribution in [0, 0.1) is 0 Å². The molecule has 0 atom stereocenters. The van der Waals surface area contributed by atoms with Crippen LogP contribution in [-0.2, 0) is 31.3 Å². The summed E-state index contributed by atoms with van der Waals surface area (Å²) in [5.74, 6) is -0.637. The molecule has 0 saturated heterocycles. The normalized spacial score (nSPS) is 7.25. The van der Waals surface area contributed by atoms with Crippen molar-refractivity contribution in [2.75, 3.05) is 0 Å². The Labute approximate surface area is 63.5 Å². The molecule has 0 fully saturated rings. The molecule has 0 saturated carbocycles. The van der Waals surface area contributed by atoms with Gasteiger partial charge < -0.3 is 0 Å². The van der Waals surface area contributed by atoms with Crippen LogP contribution in [0.15, 0.2) is 0 Å². The van der Waals surface area contributed by atoms with Gasteiger partial charge in [0.15, 0.2) is 11.6 Å². The molecule has 40 valence electrons. The molecule has 0 N–H and O–H groups in total. The van der Waals surface area contributed by atoms with Crippen molar-refractivity contribution in [3.8, 4) is 0 Å². The molecule has 0 unspecified atom stereocenters. The van der Waals surface area contributed by atoms with Crippen LogP contribution < -0.4 is 0 Å². The molecule has 2 nitrogen and oxygen atoms in total. The molecular weight excluding hydrogens is 140 g/mol. The van der Waals surface area contributed by atoms with Crippen LogP contribution in [0.25, 0.3) is 0 Å². The molecule has 0 aromatic heterocycles. The molecule has 3 heteroatoms. The number of Topliss-reactive ketones (excluding diaryl/α,β-unsaturated/α-hetero) is 2. The first-order valence-corrected chi connectivity index (χ1v) is 2.22. The summed E-state index contributed by atoms with van der Waals surface area (Å²) in [5.41, 5.74) is 0. The van der Waals surface area contributed by atoms with E-state index in [2.05, 4.69) is 0 Å². The third kappa shape index (κ3) is 4.22. The maximum absolute atomic E-state index is 10.2. The van der Waals surface area contributed by atoms with Gasteiger partial charge in [-0.3, -0.25) is 9.59 Å². The first-order valence-electron chi connectivity index (χ1n) is 2.22. The third-order valence-corrected chi connectivity index (χ3v) is 0.714. The maximum Gasteiger partial charge on any atom is 4.00 e. The van der Waals surface area contributed by atoms with Gasteiger partial charge in [0.05, 0.1) is 0 Å². The van der Waals surface area contributed by atoms with Crippen molar-refractivity contribution in [3.63, 3.8) is 0 Å². The molecule has 8 heavy (non-hydrogen) atoms. The Morgan fingerprint density at radius 1 is 1.38 bits per heavy atom. The summed E-state index contributed by atoms with van der Waals surface area (Å²) in [6.07, 6.45) is 0.329. The summed E-state index contributed by atoms with van der Waals surface area (Å²) >= 11 is 0. The van der Waals surface area contributed by atoms with Crippen LogP contribution in [0.4, 0.5) is 0 Å². The van der Waals surface area contributed by atoms with Crippen LogP contribution >= 0.6 is 0 Å². The molecule has 0 aliphatic rings. The molecule has 0 rings (SSSR count). The van der Waals surface area contributed by atoms with Crippen molar-refractivity contribution >= 4 is 11.6 Å². The predicted octanol–water partition coefficient (Wildman–Crippen LogP) is 0.552. The van der Waals surface area contributed by atoms with Gasteiger partial charge in [-0.2, -0.15) is 0 Å². The number of carbonyl (C=O) groups excluding carboxylic acids is 2. The van der Waals surface area contributed by atoms with Gasteiger partial charge in [-0.1, -0.05) is 6.92 Å². The average Bonchev–Trinajstić information content (AvgIpc) is 1.65. The molecule has 0 aromatic rings. The summed E-state index contributed by atoms with van der Waals surface area (Å²) < 4.78 is 0. The molecule has 0 aliphatic carbocycles. The van der Waals surface area contributed by atoms with E-state index in [0.29, 0.717) is 6.42 Å². The van der Waals surface area contributed by atoms with Crippen molar-refractivity contribution in [2.45, 2.75) is 20.3 Å². The standard InChI is InChI=1S/C5H8O2.Ti/c1-3-5(7)4(2)6;/h3H2,1-2H3;/q;+4. The summed E-state index contributed by atoms with van der Waals surface area (Å²) in [6.45, 7) is 2.95.